The molecular formula is C35H38FN5O6S2. The van der Waals surface area contributed by atoms with Crippen LogP contribution in [0.5, 0.6) is 0 Å². The van der Waals surface area contributed by atoms with Crippen LogP contribution in [0.15, 0.2) is 70.7 Å². The second kappa shape index (κ2) is 12.5. The summed E-state index contributed by atoms with van der Waals surface area (Å²) in [6.45, 7) is 5.80. The molecule has 1 aliphatic heterocycles. The summed E-state index contributed by atoms with van der Waals surface area (Å²) < 4.78 is 73.8. The van der Waals surface area contributed by atoms with E-state index < -0.39 is 59.4 Å². The Balaban J connectivity index is 1.60. The molecule has 2 aromatic carbocycles. The van der Waals surface area contributed by atoms with Gasteiger partial charge >= 0.3 is 5.97 Å². The van der Waals surface area contributed by atoms with Gasteiger partial charge in [0, 0.05) is 30.3 Å². The normalized spacial score (nSPS) is 20.6. The van der Waals surface area contributed by atoms with Gasteiger partial charge in [-0.15, -0.1) is 0 Å². The number of H-pyrrole nitrogens is 1. The maximum atomic E-state index is 16.1. The first-order chi connectivity index (χ1) is 23.0. The number of pyridine rings is 1. The van der Waals surface area contributed by atoms with Gasteiger partial charge in [-0.25, -0.2) is 30.9 Å². The van der Waals surface area contributed by atoms with Gasteiger partial charge in [0.25, 0.3) is 0 Å². The van der Waals surface area contributed by atoms with E-state index in [1.165, 1.54) is 29.2 Å². The van der Waals surface area contributed by atoms with Crippen LogP contribution in [-0.4, -0.2) is 64.1 Å². The number of hydrogen-bond donors (Lipinski definition) is 2. The Bertz CT molecular complexity index is 2300. The van der Waals surface area contributed by atoms with E-state index in [1.54, 1.807) is 7.05 Å². The number of carboxylic acids is 1. The summed E-state index contributed by atoms with van der Waals surface area (Å²) in [6.07, 6.45) is 3.67. The highest BCUT2D eigenvalue weighted by Gasteiger charge is 2.37. The van der Waals surface area contributed by atoms with Crippen molar-refractivity contribution in [3.8, 4) is 11.5 Å². The van der Waals surface area contributed by atoms with Crippen molar-refractivity contribution in [3.63, 3.8) is 0 Å². The van der Waals surface area contributed by atoms with E-state index >= 15 is 4.39 Å². The number of aliphatic carboxylic acids is 1. The third-order valence-electron chi connectivity index (χ3n) is 9.41. The Kier molecular flexibility index (Phi) is 8.76. The number of aryl methyl sites for hydroxylation is 2. The monoisotopic (exact) mass is 707 g/mol. The minimum absolute atomic E-state index is 0.0899. The smallest absolute Gasteiger partial charge is 0.307 e. The number of carbonyl (C=O) groups is 1. The molecule has 0 saturated heterocycles. The van der Waals surface area contributed by atoms with Crippen LogP contribution < -0.4 is 0 Å². The molecule has 0 spiro atoms. The van der Waals surface area contributed by atoms with Gasteiger partial charge in [-0.1, -0.05) is 50.6 Å². The number of halogens is 1. The fraction of sp³-hybridized carbons (Fsp3) is 0.371. The number of aromatic amines is 1. The second-order valence-corrected chi connectivity index (χ2v) is 17.9. The number of hydrogen-bond acceptors (Lipinski definition) is 8. The van der Waals surface area contributed by atoms with Crippen LogP contribution in [0, 0.1) is 11.2 Å². The van der Waals surface area contributed by atoms with Crippen molar-refractivity contribution in [1.29, 1.82) is 0 Å². The van der Waals surface area contributed by atoms with Crippen LogP contribution in [0.4, 0.5) is 4.39 Å². The molecule has 0 aliphatic carbocycles. The molecule has 0 unspecified atom stereocenters. The molecule has 6 rings (SSSR count). The summed E-state index contributed by atoms with van der Waals surface area (Å²) in [5.74, 6) is -2.10. The molecule has 5 aromatic rings. The Morgan fingerprint density at radius 2 is 1.80 bits per heavy atom. The molecular weight excluding hydrogens is 670 g/mol. The summed E-state index contributed by atoms with van der Waals surface area (Å²) in [5.41, 5.74) is 0.149. The molecule has 0 fully saturated rings. The largest absolute Gasteiger partial charge is 0.481 e. The van der Waals surface area contributed by atoms with Gasteiger partial charge in [-0.3, -0.25) is 9.78 Å². The SMILES string of the molecule is Cn1nc2nc1-c1cc(ccn1)S(=O)(=O)c1c(F)cc3[nH]cc(CC(=O)O)c3c1CCS(=O)(=O)CC(C)(C)CCC[C@]2(C)c1ccccc1. The quantitative estimate of drug-likeness (QED) is 0.249. The number of carboxylic acid groups (broad SMARTS) is 1. The summed E-state index contributed by atoms with van der Waals surface area (Å²) in [7, 11) is -6.76. The first-order valence-electron chi connectivity index (χ1n) is 15.9. The number of nitrogens with one attached hydrogen (secondary N) is 1. The highest BCUT2D eigenvalue weighted by atomic mass is 32.2. The topological polar surface area (TPSA) is 165 Å². The molecule has 1 aliphatic rings. The summed E-state index contributed by atoms with van der Waals surface area (Å²) in [4.78, 5) is 22.9. The zero-order chi connectivity index (χ0) is 35.4. The van der Waals surface area contributed by atoms with Crippen molar-refractivity contribution < 1.29 is 31.1 Å². The van der Waals surface area contributed by atoms with E-state index in [1.807, 2.05) is 51.1 Å². The molecule has 14 heteroatoms. The van der Waals surface area contributed by atoms with Gasteiger partial charge in [0.05, 0.1) is 28.2 Å². The minimum Gasteiger partial charge on any atom is -0.481 e. The van der Waals surface area contributed by atoms with Crippen molar-refractivity contribution in [2.75, 3.05) is 11.5 Å². The number of fused-ring (bicyclic) bond motifs is 8. The third-order valence-corrected chi connectivity index (χ3v) is 13.3. The number of nitrogens with zero attached hydrogens (tertiary/aromatic N) is 4. The lowest BCUT2D eigenvalue weighted by atomic mass is 9.75. The maximum absolute atomic E-state index is 16.1. The molecule has 11 nitrogen and oxygen atoms in total. The molecule has 0 radical (unpaired) electrons. The van der Waals surface area contributed by atoms with Crippen LogP contribution >= 0.6 is 0 Å². The van der Waals surface area contributed by atoms with Crippen molar-refractivity contribution in [1.82, 2.24) is 24.7 Å². The van der Waals surface area contributed by atoms with Crippen LogP contribution in [-0.2, 0) is 49.8 Å². The number of rotatable bonds is 3. The molecule has 3 aromatic heterocycles. The lowest BCUT2D eigenvalue weighted by molar-refractivity contribution is -0.136. The van der Waals surface area contributed by atoms with E-state index in [2.05, 4.69) is 9.97 Å². The maximum Gasteiger partial charge on any atom is 0.307 e. The summed E-state index contributed by atoms with van der Waals surface area (Å²) in [6, 6.07) is 13.3. The number of sulfone groups is 2. The van der Waals surface area contributed by atoms with Crippen molar-refractivity contribution in [3.05, 3.63) is 89.3 Å². The highest BCUT2D eigenvalue weighted by Crippen LogP contribution is 2.40. The Hall–Kier alpha value is -4.43. The van der Waals surface area contributed by atoms with Crippen molar-refractivity contribution in [2.45, 2.75) is 68.1 Å². The summed E-state index contributed by atoms with van der Waals surface area (Å²) >= 11 is 0. The molecule has 4 heterocycles. The molecule has 2 N–H and O–H groups in total. The van der Waals surface area contributed by atoms with Crippen molar-refractivity contribution in [2.24, 2.45) is 12.5 Å². The van der Waals surface area contributed by atoms with Crippen LogP contribution in [0.3, 0.4) is 0 Å². The van der Waals surface area contributed by atoms with E-state index in [9.17, 15) is 26.7 Å². The fourth-order valence-corrected chi connectivity index (χ4v) is 10.6. The predicted octanol–water partition coefficient (Wildman–Crippen LogP) is 5.43. The first-order valence-corrected chi connectivity index (χ1v) is 19.2. The van der Waals surface area contributed by atoms with Crippen LogP contribution in [0.25, 0.3) is 22.4 Å². The zero-order valence-corrected chi connectivity index (χ0v) is 29.3. The van der Waals surface area contributed by atoms with Gasteiger partial charge in [-0.2, -0.15) is 5.10 Å². The molecule has 0 saturated carbocycles. The Morgan fingerprint density at radius 1 is 1.06 bits per heavy atom. The average Bonchev–Trinajstić information content (AvgIpc) is 3.61. The van der Waals surface area contributed by atoms with Crippen molar-refractivity contribution >= 4 is 36.5 Å². The standard InChI is InChI=1S/C35H38FN5O6S2/c1-34(2)13-8-14-35(3,23-9-6-5-7-10-23)33-39-32(41(4)40-33)28-18-24(11-15-37-28)49(46,47)31-25(12-16-48(44,45)21-34)30-22(17-29(42)43)20-38-27(30)19-26(31)36/h5-7,9-11,15,18-20,38H,8,12-14,16-17,21H2,1-4H3,(H,42,43)/t35-/m1/s1. The van der Waals surface area contributed by atoms with Crippen LogP contribution in [0.1, 0.15) is 62.5 Å². The van der Waals surface area contributed by atoms with Crippen LogP contribution in [0.2, 0.25) is 0 Å². The van der Waals surface area contributed by atoms with Gasteiger partial charge < -0.3 is 10.1 Å². The molecule has 258 valence electrons. The first kappa shape index (κ1) is 34.4. The molecule has 4 bridgehead atoms. The fourth-order valence-electron chi connectivity index (χ4n) is 7.00. The molecule has 1 atom stereocenters. The number of aromatic nitrogens is 5. The zero-order valence-electron chi connectivity index (χ0n) is 27.7. The third kappa shape index (κ3) is 6.63. The Morgan fingerprint density at radius 3 is 2.51 bits per heavy atom. The second-order valence-electron chi connectivity index (χ2n) is 13.8. The highest BCUT2D eigenvalue weighted by molar-refractivity contribution is 7.92. The van der Waals surface area contributed by atoms with Gasteiger partial charge in [0.15, 0.2) is 21.5 Å². The lowest BCUT2D eigenvalue weighted by Gasteiger charge is -2.30. The lowest BCUT2D eigenvalue weighted by Crippen LogP contribution is -2.29. The van der Waals surface area contributed by atoms with E-state index in [-0.39, 0.29) is 44.8 Å². The molecule has 49 heavy (non-hydrogen) atoms. The predicted molar refractivity (Wildman–Crippen MR) is 182 cm³/mol. The molecule has 0 amide bonds. The number of benzene rings is 2. The van der Waals surface area contributed by atoms with E-state index in [0.717, 1.165) is 11.6 Å². The van der Waals surface area contributed by atoms with E-state index in [0.29, 0.717) is 30.9 Å². The van der Waals surface area contributed by atoms with Gasteiger partial charge in [0.1, 0.15) is 16.4 Å². The van der Waals surface area contributed by atoms with E-state index in [4.69, 9.17) is 10.1 Å². The van der Waals surface area contributed by atoms with Gasteiger partial charge in [-0.05, 0) is 66.5 Å². The minimum atomic E-state index is -4.65. The Labute approximate surface area is 284 Å². The summed E-state index contributed by atoms with van der Waals surface area (Å²) in [5, 5.41) is 14.5. The van der Waals surface area contributed by atoms with Gasteiger partial charge in [0.2, 0.25) is 9.84 Å². The average molecular weight is 708 g/mol.